The number of aromatic nitrogens is 1. The van der Waals surface area contributed by atoms with Crippen LogP contribution in [0.2, 0.25) is 0 Å². The minimum absolute atomic E-state index is 0.256. The van der Waals surface area contributed by atoms with E-state index in [4.69, 9.17) is 9.15 Å². The van der Waals surface area contributed by atoms with Gasteiger partial charge in [-0.2, -0.15) is 0 Å². The van der Waals surface area contributed by atoms with Gasteiger partial charge in [0.2, 0.25) is 5.76 Å². The van der Waals surface area contributed by atoms with E-state index in [0.717, 1.165) is 6.42 Å². The highest BCUT2D eigenvalue weighted by atomic mass is 16.5. The average molecular weight is 209 g/mol. The van der Waals surface area contributed by atoms with Crippen LogP contribution in [-0.4, -0.2) is 17.6 Å². The van der Waals surface area contributed by atoms with Crippen LogP contribution in [0.25, 0.3) is 0 Å². The molecule has 2 rings (SSSR count). The normalized spacial score (nSPS) is 23.9. The summed E-state index contributed by atoms with van der Waals surface area (Å²) >= 11 is 0. The molecule has 82 valence electrons. The number of carbonyl (C=O) groups excluding carboxylic acids is 1. The van der Waals surface area contributed by atoms with E-state index in [9.17, 15) is 4.79 Å². The molecule has 1 heterocycles. The Morgan fingerprint density at radius 2 is 2.33 bits per heavy atom. The molecule has 0 aromatic carbocycles. The molecule has 15 heavy (non-hydrogen) atoms. The second-order valence-electron chi connectivity index (χ2n) is 4.01. The van der Waals surface area contributed by atoms with Gasteiger partial charge in [0.05, 0.1) is 12.3 Å². The number of hydrogen-bond donors (Lipinski definition) is 0. The highest BCUT2D eigenvalue weighted by molar-refractivity contribution is 5.87. The summed E-state index contributed by atoms with van der Waals surface area (Å²) in [6, 6.07) is 0. The van der Waals surface area contributed by atoms with E-state index < -0.39 is 5.97 Å². The number of esters is 1. The van der Waals surface area contributed by atoms with E-state index in [1.165, 1.54) is 0 Å². The van der Waals surface area contributed by atoms with Crippen LogP contribution in [0.5, 0.6) is 0 Å². The topological polar surface area (TPSA) is 52.3 Å². The number of nitrogens with zero attached hydrogens (tertiary/aromatic N) is 1. The molecular weight excluding hydrogens is 194 g/mol. The highest BCUT2D eigenvalue weighted by Crippen LogP contribution is 2.46. The fraction of sp³-hybridized carbons (Fsp3) is 0.636. The molecule has 0 spiro atoms. The van der Waals surface area contributed by atoms with Gasteiger partial charge in [0.1, 0.15) is 0 Å². The van der Waals surface area contributed by atoms with E-state index in [1.807, 2.05) is 0 Å². The van der Waals surface area contributed by atoms with E-state index in [-0.39, 0.29) is 5.76 Å². The van der Waals surface area contributed by atoms with Crippen LogP contribution in [0.4, 0.5) is 0 Å². The molecule has 0 saturated heterocycles. The molecule has 1 saturated carbocycles. The molecule has 1 aromatic heterocycles. The largest absolute Gasteiger partial charge is 0.460 e. The zero-order valence-corrected chi connectivity index (χ0v) is 9.24. The lowest BCUT2D eigenvalue weighted by Gasteiger charge is -1.97. The summed E-state index contributed by atoms with van der Waals surface area (Å²) in [4.78, 5) is 15.7. The van der Waals surface area contributed by atoms with E-state index in [0.29, 0.717) is 30.0 Å². The van der Waals surface area contributed by atoms with Gasteiger partial charge in [0.25, 0.3) is 0 Å². The summed E-state index contributed by atoms with van der Waals surface area (Å²) in [7, 11) is 0. The lowest BCUT2D eigenvalue weighted by atomic mass is 10.3. The lowest BCUT2D eigenvalue weighted by Crippen LogP contribution is -2.04. The highest BCUT2D eigenvalue weighted by Gasteiger charge is 2.39. The maximum Gasteiger partial charge on any atom is 0.376 e. The Kier molecular flexibility index (Phi) is 2.50. The van der Waals surface area contributed by atoms with E-state index >= 15 is 0 Å². The maximum atomic E-state index is 11.4. The second-order valence-corrected chi connectivity index (χ2v) is 4.01. The van der Waals surface area contributed by atoms with Crippen molar-refractivity contribution in [2.45, 2.75) is 33.1 Å². The van der Waals surface area contributed by atoms with Crippen LogP contribution in [0, 0.1) is 12.8 Å². The predicted octanol–water partition coefficient (Wildman–Crippen LogP) is 2.28. The Morgan fingerprint density at radius 3 is 2.87 bits per heavy atom. The smallest absolute Gasteiger partial charge is 0.376 e. The Balaban J connectivity index is 2.18. The molecule has 2 atom stereocenters. The van der Waals surface area contributed by atoms with E-state index in [1.54, 1.807) is 13.8 Å². The average Bonchev–Trinajstić information content (AvgIpc) is 2.76. The van der Waals surface area contributed by atoms with Gasteiger partial charge in [-0.1, -0.05) is 6.92 Å². The van der Waals surface area contributed by atoms with Gasteiger partial charge in [0, 0.05) is 5.92 Å². The minimum Gasteiger partial charge on any atom is -0.460 e. The predicted molar refractivity (Wildman–Crippen MR) is 53.7 cm³/mol. The van der Waals surface area contributed by atoms with Crippen LogP contribution in [0.1, 0.15) is 48.3 Å². The summed E-state index contributed by atoms with van der Waals surface area (Å²) in [5.74, 6) is 1.54. The van der Waals surface area contributed by atoms with Crippen molar-refractivity contribution in [1.82, 2.24) is 4.98 Å². The number of carbonyl (C=O) groups is 1. The van der Waals surface area contributed by atoms with Gasteiger partial charge in [-0.25, -0.2) is 9.78 Å². The Morgan fingerprint density at radius 1 is 1.67 bits per heavy atom. The number of oxazole rings is 1. The second kappa shape index (κ2) is 3.68. The van der Waals surface area contributed by atoms with Crippen molar-refractivity contribution >= 4 is 5.97 Å². The molecule has 0 bridgehead atoms. The summed E-state index contributed by atoms with van der Waals surface area (Å²) < 4.78 is 10.3. The fourth-order valence-corrected chi connectivity index (χ4v) is 1.63. The Bertz CT molecular complexity index is 383. The lowest BCUT2D eigenvalue weighted by molar-refractivity contribution is 0.0487. The third-order valence-corrected chi connectivity index (χ3v) is 2.70. The van der Waals surface area contributed by atoms with Gasteiger partial charge in [-0.3, -0.25) is 0 Å². The summed E-state index contributed by atoms with van der Waals surface area (Å²) in [6.45, 7) is 6.04. The zero-order chi connectivity index (χ0) is 11.0. The molecule has 2 unspecified atom stereocenters. The molecular formula is C11H15NO3. The van der Waals surface area contributed by atoms with Gasteiger partial charge < -0.3 is 9.15 Å². The molecule has 0 radical (unpaired) electrons. The van der Waals surface area contributed by atoms with Crippen LogP contribution in [0.15, 0.2) is 4.42 Å². The van der Waals surface area contributed by atoms with Crippen LogP contribution >= 0.6 is 0 Å². The molecule has 1 aliphatic carbocycles. The van der Waals surface area contributed by atoms with Crippen molar-refractivity contribution in [2.24, 2.45) is 5.92 Å². The molecule has 4 nitrogen and oxygen atoms in total. The van der Waals surface area contributed by atoms with Crippen molar-refractivity contribution in [1.29, 1.82) is 0 Å². The van der Waals surface area contributed by atoms with Crippen molar-refractivity contribution in [3.8, 4) is 0 Å². The standard InChI is InChI=1S/C11H15NO3/c1-4-14-11(13)9-7(3)12-10(15-9)8-5-6(8)2/h6,8H,4-5H2,1-3H3. The van der Waals surface area contributed by atoms with E-state index in [2.05, 4.69) is 11.9 Å². The van der Waals surface area contributed by atoms with Crippen molar-refractivity contribution < 1.29 is 13.9 Å². The van der Waals surface area contributed by atoms with Crippen molar-refractivity contribution in [3.05, 3.63) is 17.3 Å². The number of rotatable bonds is 3. The SMILES string of the molecule is CCOC(=O)c1oc(C2CC2C)nc1C. The van der Waals surface area contributed by atoms with Crippen molar-refractivity contribution in [3.63, 3.8) is 0 Å². The van der Waals surface area contributed by atoms with Gasteiger partial charge >= 0.3 is 5.97 Å². The first-order chi connectivity index (χ1) is 7.13. The summed E-state index contributed by atoms with van der Waals surface area (Å²) in [6.07, 6.45) is 1.10. The minimum atomic E-state index is -0.415. The number of ether oxygens (including phenoxy) is 1. The van der Waals surface area contributed by atoms with Crippen LogP contribution in [-0.2, 0) is 4.74 Å². The van der Waals surface area contributed by atoms with Gasteiger partial charge in [0.15, 0.2) is 5.89 Å². The molecule has 0 N–H and O–H groups in total. The monoisotopic (exact) mass is 209 g/mol. The summed E-state index contributed by atoms with van der Waals surface area (Å²) in [5, 5.41) is 0. The quantitative estimate of drug-likeness (QED) is 0.716. The third-order valence-electron chi connectivity index (χ3n) is 2.70. The summed E-state index contributed by atoms with van der Waals surface area (Å²) in [5.41, 5.74) is 0.627. The first kappa shape index (κ1) is 10.2. The number of hydrogen-bond acceptors (Lipinski definition) is 4. The number of aryl methyl sites for hydroxylation is 1. The van der Waals surface area contributed by atoms with Crippen LogP contribution in [0.3, 0.4) is 0 Å². The molecule has 0 amide bonds. The van der Waals surface area contributed by atoms with Gasteiger partial charge in [-0.15, -0.1) is 0 Å². The molecule has 1 fully saturated rings. The molecule has 0 aliphatic heterocycles. The third kappa shape index (κ3) is 1.89. The first-order valence-corrected chi connectivity index (χ1v) is 5.28. The van der Waals surface area contributed by atoms with Gasteiger partial charge in [-0.05, 0) is 26.2 Å². The molecule has 1 aromatic rings. The van der Waals surface area contributed by atoms with Crippen molar-refractivity contribution in [2.75, 3.05) is 6.61 Å². The van der Waals surface area contributed by atoms with Crippen LogP contribution < -0.4 is 0 Å². The maximum absolute atomic E-state index is 11.4. The molecule has 1 aliphatic rings. The zero-order valence-electron chi connectivity index (χ0n) is 9.24. The Hall–Kier alpha value is -1.32. The molecule has 4 heteroatoms. The fourth-order valence-electron chi connectivity index (χ4n) is 1.63. The Labute approximate surface area is 88.6 Å². The first-order valence-electron chi connectivity index (χ1n) is 5.28.